The molecule has 1 amide bonds. The molecule has 128 valence electrons. The van der Waals surface area contributed by atoms with Crippen LogP contribution in [0.25, 0.3) is 0 Å². The fourth-order valence-corrected chi connectivity index (χ4v) is 4.22. The highest BCUT2D eigenvalue weighted by Crippen LogP contribution is 2.26. The van der Waals surface area contributed by atoms with Gasteiger partial charge >= 0.3 is 0 Å². The number of hydrogen-bond donors (Lipinski definition) is 1. The van der Waals surface area contributed by atoms with Crippen molar-refractivity contribution in [3.63, 3.8) is 0 Å². The molecule has 0 radical (unpaired) electrons. The maximum Gasteiger partial charge on any atom is 0.222 e. The molecule has 2 rings (SSSR count). The van der Waals surface area contributed by atoms with Gasteiger partial charge in [-0.05, 0) is 56.7 Å². The van der Waals surface area contributed by atoms with Crippen LogP contribution in [-0.4, -0.2) is 61.5 Å². The van der Waals surface area contributed by atoms with Gasteiger partial charge in [0.15, 0.2) is 0 Å². The maximum absolute atomic E-state index is 12.7. The molecule has 0 aromatic carbocycles. The molecule has 1 N–H and O–H groups in total. The van der Waals surface area contributed by atoms with Crippen molar-refractivity contribution < 1.29 is 4.79 Å². The van der Waals surface area contributed by atoms with Crippen molar-refractivity contribution in [3.05, 3.63) is 0 Å². The molecule has 2 saturated heterocycles. The van der Waals surface area contributed by atoms with Crippen LogP contribution in [0.3, 0.4) is 0 Å². The first-order valence-electron chi connectivity index (χ1n) is 9.21. The van der Waals surface area contributed by atoms with Gasteiger partial charge in [-0.2, -0.15) is 0 Å². The molecule has 0 saturated carbocycles. The van der Waals surface area contributed by atoms with Gasteiger partial charge in [0.1, 0.15) is 0 Å². The monoisotopic (exact) mass is 309 g/mol. The molecule has 4 unspecified atom stereocenters. The average Bonchev–Trinajstić information content (AvgIpc) is 2.54. The summed E-state index contributed by atoms with van der Waals surface area (Å²) in [6.07, 6.45) is 4.36. The van der Waals surface area contributed by atoms with Gasteiger partial charge in [-0.3, -0.25) is 4.79 Å². The van der Waals surface area contributed by atoms with Crippen LogP contribution in [0.1, 0.15) is 46.5 Å². The van der Waals surface area contributed by atoms with Gasteiger partial charge in [0.2, 0.25) is 5.91 Å². The van der Waals surface area contributed by atoms with Crippen molar-refractivity contribution in [2.24, 2.45) is 17.8 Å². The molecule has 2 fully saturated rings. The lowest BCUT2D eigenvalue weighted by molar-refractivity contribution is -0.135. The topological polar surface area (TPSA) is 35.6 Å². The highest BCUT2D eigenvalue weighted by molar-refractivity contribution is 5.76. The van der Waals surface area contributed by atoms with Crippen LogP contribution in [0.4, 0.5) is 0 Å². The lowest BCUT2D eigenvalue weighted by atomic mass is 9.84. The molecule has 4 atom stereocenters. The standard InChI is InChI=1S/C18H35N3O/c1-5-21-10-8-17(15(3)13-21)20(4)18(22)11-14(2)16-7-6-9-19-12-16/h14-17,19H,5-13H2,1-4H3. The summed E-state index contributed by atoms with van der Waals surface area (Å²) in [5.41, 5.74) is 0. The summed E-state index contributed by atoms with van der Waals surface area (Å²) in [6, 6.07) is 0.423. The smallest absolute Gasteiger partial charge is 0.222 e. The second kappa shape index (κ2) is 8.30. The minimum absolute atomic E-state index is 0.347. The van der Waals surface area contributed by atoms with Crippen LogP contribution in [0.15, 0.2) is 0 Å². The first kappa shape index (κ1) is 17.7. The number of carbonyl (C=O) groups is 1. The van der Waals surface area contributed by atoms with E-state index in [0.29, 0.717) is 36.1 Å². The predicted molar refractivity (Wildman–Crippen MR) is 91.8 cm³/mol. The number of rotatable bonds is 5. The molecule has 0 aromatic heterocycles. The van der Waals surface area contributed by atoms with Crippen molar-refractivity contribution in [2.75, 3.05) is 39.8 Å². The van der Waals surface area contributed by atoms with Gasteiger partial charge in [-0.1, -0.05) is 20.8 Å². The zero-order valence-electron chi connectivity index (χ0n) is 15.0. The summed E-state index contributed by atoms with van der Waals surface area (Å²) >= 11 is 0. The Kier molecular flexibility index (Phi) is 6.69. The molecule has 2 heterocycles. The second-order valence-electron chi connectivity index (χ2n) is 7.52. The first-order chi connectivity index (χ1) is 10.5. The molecular weight excluding hydrogens is 274 g/mol. The van der Waals surface area contributed by atoms with Gasteiger partial charge in [-0.15, -0.1) is 0 Å². The number of piperidine rings is 2. The number of hydrogen-bond acceptors (Lipinski definition) is 3. The Labute approximate surface area is 136 Å². The van der Waals surface area contributed by atoms with Gasteiger partial charge < -0.3 is 15.1 Å². The third kappa shape index (κ3) is 4.45. The fraction of sp³-hybridized carbons (Fsp3) is 0.944. The molecule has 2 aliphatic rings. The minimum Gasteiger partial charge on any atom is -0.342 e. The Bertz CT molecular complexity index is 354. The van der Waals surface area contributed by atoms with E-state index in [0.717, 1.165) is 39.1 Å². The Morgan fingerprint density at radius 3 is 2.77 bits per heavy atom. The number of nitrogens with one attached hydrogen (secondary N) is 1. The molecule has 0 bridgehead atoms. The van der Waals surface area contributed by atoms with Crippen LogP contribution < -0.4 is 5.32 Å². The molecule has 22 heavy (non-hydrogen) atoms. The van der Waals surface area contributed by atoms with E-state index in [9.17, 15) is 4.79 Å². The van der Waals surface area contributed by atoms with E-state index in [2.05, 4.69) is 35.9 Å². The Hall–Kier alpha value is -0.610. The Morgan fingerprint density at radius 2 is 2.18 bits per heavy atom. The Balaban J connectivity index is 1.83. The molecule has 4 heteroatoms. The van der Waals surface area contributed by atoms with E-state index in [4.69, 9.17) is 0 Å². The quantitative estimate of drug-likeness (QED) is 0.846. The summed E-state index contributed by atoms with van der Waals surface area (Å²) in [7, 11) is 2.02. The summed E-state index contributed by atoms with van der Waals surface area (Å²) in [6.45, 7) is 12.4. The summed E-state index contributed by atoms with van der Waals surface area (Å²) in [5, 5.41) is 3.47. The molecule has 0 aromatic rings. The van der Waals surface area contributed by atoms with Crippen LogP contribution in [0.2, 0.25) is 0 Å². The molecule has 4 nitrogen and oxygen atoms in total. The van der Waals surface area contributed by atoms with Crippen molar-refractivity contribution in [3.8, 4) is 0 Å². The third-order valence-electron chi connectivity index (χ3n) is 5.92. The van der Waals surface area contributed by atoms with Crippen LogP contribution in [-0.2, 0) is 4.79 Å². The molecule has 2 aliphatic heterocycles. The van der Waals surface area contributed by atoms with Crippen LogP contribution >= 0.6 is 0 Å². The van der Waals surface area contributed by atoms with Crippen LogP contribution in [0, 0.1) is 17.8 Å². The fourth-order valence-electron chi connectivity index (χ4n) is 4.22. The van der Waals surface area contributed by atoms with Crippen molar-refractivity contribution in [1.29, 1.82) is 0 Å². The SMILES string of the molecule is CCN1CCC(N(C)C(=O)CC(C)C2CCCNC2)C(C)C1. The van der Waals surface area contributed by atoms with E-state index in [1.165, 1.54) is 12.8 Å². The van der Waals surface area contributed by atoms with Gasteiger partial charge in [0.25, 0.3) is 0 Å². The van der Waals surface area contributed by atoms with E-state index >= 15 is 0 Å². The number of carbonyl (C=O) groups excluding carboxylic acids is 1. The number of likely N-dealkylation sites (tertiary alicyclic amines) is 1. The number of amides is 1. The lowest BCUT2D eigenvalue weighted by Crippen LogP contribution is -2.51. The van der Waals surface area contributed by atoms with E-state index in [1.807, 2.05) is 7.05 Å². The Morgan fingerprint density at radius 1 is 1.41 bits per heavy atom. The molecule has 0 spiro atoms. The first-order valence-corrected chi connectivity index (χ1v) is 9.21. The zero-order chi connectivity index (χ0) is 16.1. The summed E-state index contributed by atoms with van der Waals surface area (Å²) in [5.74, 6) is 2.09. The van der Waals surface area contributed by atoms with E-state index in [-0.39, 0.29) is 0 Å². The van der Waals surface area contributed by atoms with Gasteiger partial charge in [0, 0.05) is 32.6 Å². The van der Waals surface area contributed by atoms with Crippen molar-refractivity contribution >= 4 is 5.91 Å². The zero-order valence-corrected chi connectivity index (χ0v) is 15.0. The molecular formula is C18H35N3O. The summed E-state index contributed by atoms with van der Waals surface area (Å²) in [4.78, 5) is 17.2. The highest BCUT2D eigenvalue weighted by atomic mass is 16.2. The minimum atomic E-state index is 0.347. The van der Waals surface area contributed by atoms with Gasteiger partial charge in [0.05, 0.1) is 0 Å². The lowest BCUT2D eigenvalue weighted by Gasteiger charge is -2.41. The number of nitrogens with zero attached hydrogens (tertiary/aromatic N) is 2. The van der Waals surface area contributed by atoms with Crippen molar-refractivity contribution in [2.45, 2.75) is 52.5 Å². The predicted octanol–water partition coefficient (Wildman–Crippen LogP) is 2.20. The van der Waals surface area contributed by atoms with Gasteiger partial charge in [-0.25, -0.2) is 0 Å². The van der Waals surface area contributed by atoms with E-state index < -0.39 is 0 Å². The average molecular weight is 309 g/mol. The third-order valence-corrected chi connectivity index (χ3v) is 5.92. The van der Waals surface area contributed by atoms with Crippen LogP contribution in [0.5, 0.6) is 0 Å². The second-order valence-corrected chi connectivity index (χ2v) is 7.52. The van der Waals surface area contributed by atoms with E-state index in [1.54, 1.807) is 0 Å². The largest absolute Gasteiger partial charge is 0.342 e. The normalized spacial score (nSPS) is 31.7. The maximum atomic E-state index is 12.7. The highest BCUT2D eigenvalue weighted by Gasteiger charge is 2.32. The van der Waals surface area contributed by atoms with Crippen molar-refractivity contribution in [1.82, 2.24) is 15.1 Å². The summed E-state index contributed by atoms with van der Waals surface area (Å²) < 4.78 is 0. The molecule has 0 aliphatic carbocycles.